The molecule has 0 saturated carbocycles. The molecule has 1 rings (SSSR count). The predicted molar refractivity (Wildman–Crippen MR) is 72.7 cm³/mol. The van der Waals surface area contributed by atoms with E-state index >= 15 is 0 Å². The van der Waals surface area contributed by atoms with Crippen molar-refractivity contribution >= 4 is 18.1 Å². The second kappa shape index (κ2) is 7.22. The van der Waals surface area contributed by atoms with E-state index in [1.165, 1.54) is 12.8 Å². The Balaban J connectivity index is 2.49. The van der Waals surface area contributed by atoms with E-state index < -0.39 is 0 Å². The second-order valence-electron chi connectivity index (χ2n) is 4.28. The Kier molecular flexibility index (Phi) is 5.91. The first kappa shape index (κ1) is 13.9. The summed E-state index contributed by atoms with van der Waals surface area (Å²) in [5.74, 6) is -0.0872. The van der Waals surface area contributed by atoms with Gasteiger partial charge in [-0.1, -0.05) is 38.4 Å². The van der Waals surface area contributed by atoms with Gasteiger partial charge in [0.05, 0.1) is 5.56 Å². The van der Waals surface area contributed by atoms with Crippen molar-refractivity contribution in [2.75, 3.05) is 0 Å². The Hall–Kier alpha value is -1.16. The molecule has 0 radical (unpaired) electrons. The first-order valence-electron chi connectivity index (χ1n) is 6.13. The molecule has 1 aromatic rings. The van der Waals surface area contributed by atoms with Crippen molar-refractivity contribution in [1.82, 2.24) is 10.3 Å². The molecule has 2 N–H and O–H groups in total. The smallest absolute Gasteiger partial charge is 0.254 e. The first-order chi connectivity index (χ1) is 8.15. The molecule has 0 spiro atoms. The Morgan fingerprint density at radius 2 is 2.29 bits per heavy atom. The van der Waals surface area contributed by atoms with Crippen LogP contribution in [0, 0.1) is 4.64 Å². The van der Waals surface area contributed by atoms with Crippen LogP contribution in [0.1, 0.15) is 49.9 Å². The normalized spacial score (nSPS) is 12.1. The third kappa shape index (κ3) is 4.69. The molecule has 0 saturated heterocycles. The van der Waals surface area contributed by atoms with Gasteiger partial charge in [0.2, 0.25) is 0 Å². The fraction of sp³-hybridized carbons (Fsp3) is 0.538. The lowest BCUT2D eigenvalue weighted by Gasteiger charge is -2.13. The molecule has 0 fully saturated rings. The van der Waals surface area contributed by atoms with Crippen LogP contribution in [-0.4, -0.2) is 16.9 Å². The fourth-order valence-electron chi connectivity index (χ4n) is 1.67. The Morgan fingerprint density at radius 1 is 1.53 bits per heavy atom. The van der Waals surface area contributed by atoms with Crippen LogP contribution in [0.4, 0.5) is 0 Å². The number of hydrogen-bond donors (Lipinski definition) is 2. The van der Waals surface area contributed by atoms with Crippen molar-refractivity contribution in [3.63, 3.8) is 0 Å². The van der Waals surface area contributed by atoms with Crippen LogP contribution in [0.15, 0.2) is 18.3 Å². The zero-order chi connectivity index (χ0) is 12.7. The lowest BCUT2D eigenvalue weighted by Crippen LogP contribution is -2.32. The van der Waals surface area contributed by atoms with Crippen molar-refractivity contribution in [3.8, 4) is 0 Å². The molecule has 1 amide bonds. The topological polar surface area (TPSA) is 44.9 Å². The zero-order valence-corrected chi connectivity index (χ0v) is 11.3. The minimum atomic E-state index is -0.0872. The van der Waals surface area contributed by atoms with Gasteiger partial charge in [-0.2, -0.15) is 0 Å². The van der Waals surface area contributed by atoms with Gasteiger partial charge in [0.1, 0.15) is 4.64 Å². The third-order valence-corrected chi connectivity index (χ3v) is 3.02. The number of aromatic nitrogens is 1. The monoisotopic (exact) mass is 252 g/mol. The van der Waals surface area contributed by atoms with Gasteiger partial charge in [-0.05, 0) is 25.5 Å². The molecule has 1 unspecified atom stereocenters. The summed E-state index contributed by atoms with van der Waals surface area (Å²) in [4.78, 5) is 14.8. The highest BCUT2D eigenvalue weighted by Gasteiger charge is 2.10. The van der Waals surface area contributed by atoms with Crippen LogP contribution in [0.5, 0.6) is 0 Å². The van der Waals surface area contributed by atoms with Crippen molar-refractivity contribution in [1.29, 1.82) is 0 Å². The Bertz CT molecular complexity index is 414. The number of rotatable bonds is 6. The molecule has 1 atom stereocenters. The van der Waals surface area contributed by atoms with E-state index in [4.69, 9.17) is 12.2 Å². The summed E-state index contributed by atoms with van der Waals surface area (Å²) >= 11 is 5.07. The molecule has 0 aliphatic heterocycles. The van der Waals surface area contributed by atoms with Gasteiger partial charge in [0.15, 0.2) is 0 Å². The Morgan fingerprint density at radius 3 is 2.94 bits per heavy atom. The van der Waals surface area contributed by atoms with Crippen LogP contribution in [0.2, 0.25) is 0 Å². The third-order valence-electron chi connectivity index (χ3n) is 2.68. The standard InChI is InChI=1S/C13H20N2OS/c1-3-4-5-7-10(2)15-12(16)11-8-6-9-14-13(11)17/h6,8-10H,3-5,7H2,1-2H3,(H,14,17)(H,15,16). The van der Waals surface area contributed by atoms with E-state index in [-0.39, 0.29) is 11.9 Å². The predicted octanol–water partition coefficient (Wildman–Crippen LogP) is 3.44. The van der Waals surface area contributed by atoms with Gasteiger partial charge < -0.3 is 10.3 Å². The summed E-state index contributed by atoms with van der Waals surface area (Å²) in [5.41, 5.74) is 0.546. The SMILES string of the molecule is CCCCCC(C)NC(=O)c1ccc[nH]c1=S. The molecular formula is C13H20N2OS. The average molecular weight is 252 g/mol. The van der Waals surface area contributed by atoms with Crippen molar-refractivity contribution in [2.45, 2.75) is 45.6 Å². The van der Waals surface area contributed by atoms with Crippen LogP contribution in [0.3, 0.4) is 0 Å². The summed E-state index contributed by atoms with van der Waals surface area (Å²) in [5, 5.41) is 2.97. The number of amides is 1. The van der Waals surface area contributed by atoms with E-state index in [1.54, 1.807) is 18.3 Å². The highest BCUT2D eigenvalue weighted by atomic mass is 32.1. The molecule has 3 nitrogen and oxygen atoms in total. The lowest BCUT2D eigenvalue weighted by molar-refractivity contribution is 0.0937. The van der Waals surface area contributed by atoms with Crippen molar-refractivity contribution < 1.29 is 4.79 Å². The zero-order valence-electron chi connectivity index (χ0n) is 10.5. The molecule has 94 valence electrons. The number of nitrogens with one attached hydrogen (secondary N) is 2. The van der Waals surface area contributed by atoms with Crippen molar-refractivity contribution in [3.05, 3.63) is 28.5 Å². The minimum absolute atomic E-state index is 0.0872. The number of aromatic amines is 1. The highest BCUT2D eigenvalue weighted by molar-refractivity contribution is 7.71. The number of H-pyrrole nitrogens is 1. The maximum atomic E-state index is 11.9. The second-order valence-corrected chi connectivity index (χ2v) is 4.69. The average Bonchev–Trinajstić information content (AvgIpc) is 2.29. The van der Waals surface area contributed by atoms with Crippen LogP contribution in [0.25, 0.3) is 0 Å². The number of pyridine rings is 1. The fourth-order valence-corrected chi connectivity index (χ4v) is 1.90. The summed E-state index contributed by atoms with van der Waals surface area (Å²) in [6.45, 7) is 4.20. The summed E-state index contributed by atoms with van der Waals surface area (Å²) in [6, 6.07) is 3.73. The largest absolute Gasteiger partial charge is 0.352 e. The highest BCUT2D eigenvalue weighted by Crippen LogP contribution is 2.05. The van der Waals surface area contributed by atoms with E-state index in [0.29, 0.717) is 10.2 Å². The molecular weight excluding hydrogens is 232 g/mol. The van der Waals surface area contributed by atoms with Gasteiger partial charge in [-0.3, -0.25) is 4.79 Å². The molecule has 0 aromatic carbocycles. The quantitative estimate of drug-likeness (QED) is 0.601. The molecule has 1 heterocycles. The van der Waals surface area contributed by atoms with E-state index in [1.807, 2.05) is 6.92 Å². The summed E-state index contributed by atoms with van der Waals surface area (Å²) in [6.07, 6.45) is 6.31. The van der Waals surface area contributed by atoms with Crippen molar-refractivity contribution in [2.24, 2.45) is 0 Å². The summed E-state index contributed by atoms with van der Waals surface area (Å²) < 4.78 is 0.491. The minimum Gasteiger partial charge on any atom is -0.352 e. The van der Waals surface area contributed by atoms with E-state index in [2.05, 4.69) is 17.2 Å². The lowest BCUT2D eigenvalue weighted by atomic mass is 10.1. The maximum absolute atomic E-state index is 11.9. The van der Waals surface area contributed by atoms with Crippen LogP contribution < -0.4 is 5.32 Å². The number of carbonyl (C=O) groups is 1. The van der Waals surface area contributed by atoms with Crippen LogP contribution >= 0.6 is 12.2 Å². The molecule has 0 aliphatic carbocycles. The molecule has 17 heavy (non-hydrogen) atoms. The molecule has 4 heteroatoms. The molecule has 0 bridgehead atoms. The Labute approximate surface area is 108 Å². The molecule has 0 aliphatic rings. The maximum Gasteiger partial charge on any atom is 0.254 e. The number of unbranched alkanes of at least 4 members (excludes halogenated alkanes) is 2. The van der Waals surface area contributed by atoms with Crippen LogP contribution in [-0.2, 0) is 0 Å². The van der Waals surface area contributed by atoms with Gasteiger partial charge in [-0.25, -0.2) is 0 Å². The van der Waals surface area contributed by atoms with Gasteiger partial charge in [-0.15, -0.1) is 0 Å². The van der Waals surface area contributed by atoms with E-state index in [9.17, 15) is 4.79 Å². The molecule has 1 aromatic heterocycles. The van der Waals surface area contributed by atoms with Gasteiger partial charge >= 0.3 is 0 Å². The number of carbonyl (C=O) groups excluding carboxylic acids is 1. The first-order valence-corrected chi connectivity index (χ1v) is 6.54. The van der Waals surface area contributed by atoms with E-state index in [0.717, 1.165) is 12.8 Å². The van der Waals surface area contributed by atoms with Gasteiger partial charge in [0, 0.05) is 12.2 Å². The number of hydrogen-bond acceptors (Lipinski definition) is 2. The summed E-state index contributed by atoms with van der Waals surface area (Å²) in [7, 11) is 0. The van der Waals surface area contributed by atoms with Gasteiger partial charge in [0.25, 0.3) is 5.91 Å².